The first-order valence-electron chi connectivity index (χ1n) is 14.8. The maximum Gasteiger partial charge on any atom is 0.165 e. The number of rotatable bonds is 11. The Morgan fingerprint density at radius 1 is 0.921 bits per heavy atom. The van der Waals surface area contributed by atoms with Gasteiger partial charge in [-0.2, -0.15) is 0 Å². The predicted molar refractivity (Wildman–Crippen MR) is 157 cm³/mol. The first-order chi connectivity index (χ1) is 18.6. The van der Waals surface area contributed by atoms with E-state index in [0.29, 0.717) is 24.0 Å². The molecule has 0 spiro atoms. The highest BCUT2D eigenvalue weighted by atomic mass is 35.5. The van der Waals surface area contributed by atoms with Gasteiger partial charge < -0.3 is 14.2 Å². The number of para-hydroxylation sites is 1. The minimum Gasteiger partial charge on any atom is -0.487 e. The molecule has 1 saturated carbocycles. The van der Waals surface area contributed by atoms with Crippen molar-refractivity contribution in [3.05, 3.63) is 64.8 Å². The average molecular weight is 535 g/mol. The molecular formula is C33H43ClN2O2. The van der Waals surface area contributed by atoms with Crippen LogP contribution in [0.3, 0.4) is 0 Å². The molecule has 0 unspecified atom stereocenters. The number of aromatic nitrogens is 1. The van der Waals surface area contributed by atoms with Gasteiger partial charge in [-0.25, -0.2) is 0 Å². The number of hydrogen-bond donors (Lipinski definition) is 0. The first-order valence-corrected chi connectivity index (χ1v) is 15.2. The Labute approximate surface area is 233 Å². The first kappa shape index (κ1) is 27.3. The molecule has 5 heteroatoms. The summed E-state index contributed by atoms with van der Waals surface area (Å²) >= 11 is 6.03. The SMILES string of the molecule is Cn1c(COc2ccc(Cl)cc2)c(C(=O)CCC2CCN(CCCC3CCCCC3)CC2)c2ccccc21. The third kappa shape index (κ3) is 6.82. The van der Waals surface area contributed by atoms with Gasteiger partial charge in [0.15, 0.2) is 5.78 Å². The molecule has 1 aromatic heterocycles. The highest BCUT2D eigenvalue weighted by Gasteiger charge is 2.24. The predicted octanol–water partition coefficient (Wildman–Crippen LogP) is 8.45. The zero-order valence-electron chi connectivity index (χ0n) is 23.0. The van der Waals surface area contributed by atoms with Crippen molar-refractivity contribution in [3.8, 4) is 5.75 Å². The Kier molecular flexibility index (Phi) is 9.45. The minimum absolute atomic E-state index is 0.242. The van der Waals surface area contributed by atoms with Crippen LogP contribution < -0.4 is 4.74 Å². The van der Waals surface area contributed by atoms with Crippen molar-refractivity contribution >= 4 is 28.3 Å². The molecular weight excluding hydrogens is 492 g/mol. The van der Waals surface area contributed by atoms with E-state index < -0.39 is 0 Å². The van der Waals surface area contributed by atoms with E-state index in [1.807, 2.05) is 43.4 Å². The number of likely N-dealkylation sites (tertiary alicyclic amines) is 1. The number of halogens is 1. The van der Waals surface area contributed by atoms with Crippen LogP contribution in [0.15, 0.2) is 48.5 Å². The van der Waals surface area contributed by atoms with Crippen LogP contribution in [0.25, 0.3) is 10.9 Å². The van der Waals surface area contributed by atoms with Crippen molar-refractivity contribution in [3.63, 3.8) is 0 Å². The monoisotopic (exact) mass is 534 g/mol. The van der Waals surface area contributed by atoms with Crippen LogP contribution in [-0.4, -0.2) is 34.9 Å². The normalized spacial score (nSPS) is 17.7. The lowest BCUT2D eigenvalue weighted by atomic mass is 9.86. The van der Waals surface area contributed by atoms with Crippen molar-refractivity contribution in [1.29, 1.82) is 0 Å². The lowest BCUT2D eigenvalue weighted by Crippen LogP contribution is -2.34. The smallest absolute Gasteiger partial charge is 0.165 e. The van der Waals surface area contributed by atoms with Crippen molar-refractivity contribution < 1.29 is 9.53 Å². The second-order valence-electron chi connectivity index (χ2n) is 11.5. The number of ketones is 1. The number of ether oxygens (including phenoxy) is 1. The highest BCUT2D eigenvalue weighted by molar-refractivity contribution is 6.30. The largest absolute Gasteiger partial charge is 0.487 e. The van der Waals surface area contributed by atoms with Crippen molar-refractivity contribution in [1.82, 2.24) is 9.47 Å². The molecule has 1 aliphatic heterocycles. The standard InChI is InChI=1S/C33H43ClN2O2/c1-35-30-12-6-5-11-29(30)33(31(35)24-38-28-16-14-27(34)15-17-28)32(37)18-13-26-19-22-36(23-20-26)21-7-10-25-8-3-2-4-9-25/h5-6,11-12,14-17,25-26H,2-4,7-10,13,18-24H2,1H3. The topological polar surface area (TPSA) is 34.5 Å². The van der Waals surface area contributed by atoms with Gasteiger partial charge in [-0.05, 0) is 93.9 Å². The van der Waals surface area contributed by atoms with Gasteiger partial charge in [0, 0.05) is 35.0 Å². The summed E-state index contributed by atoms with van der Waals surface area (Å²) in [7, 11) is 2.03. The number of Topliss-reactive ketones (excluding diaryl/α,β-unsaturated/α-hetero) is 1. The van der Waals surface area contributed by atoms with Gasteiger partial charge in [-0.1, -0.05) is 61.9 Å². The number of piperidine rings is 1. The number of fused-ring (bicyclic) bond motifs is 1. The highest BCUT2D eigenvalue weighted by Crippen LogP contribution is 2.31. The van der Waals surface area contributed by atoms with Crippen LogP contribution >= 0.6 is 11.6 Å². The maximum absolute atomic E-state index is 13.7. The van der Waals surface area contributed by atoms with E-state index in [1.54, 1.807) is 0 Å². The minimum atomic E-state index is 0.242. The molecule has 0 bridgehead atoms. The molecule has 3 aromatic rings. The van der Waals surface area contributed by atoms with E-state index in [1.165, 1.54) is 77.4 Å². The molecule has 4 nitrogen and oxygen atoms in total. The summed E-state index contributed by atoms with van der Waals surface area (Å²) in [4.78, 5) is 16.3. The molecule has 2 aromatic carbocycles. The fourth-order valence-corrected chi connectivity index (χ4v) is 6.77. The van der Waals surface area contributed by atoms with E-state index in [4.69, 9.17) is 16.3 Å². The van der Waals surface area contributed by atoms with E-state index in [9.17, 15) is 4.79 Å². The maximum atomic E-state index is 13.7. The molecule has 0 atom stereocenters. The van der Waals surface area contributed by atoms with Crippen LogP contribution in [0, 0.1) is 11.8 Å². The van der Waals surface area contributed by atoms with Crippen LogP contribution in [0.1, 0.15) is 86.7 Å². The Balaban J connectivity index is 1.14. The van der Waals surface area contributed by atoms with E-state index in [-0.39, 0.29) is 5.78 Å². The Morgan fingerprint density at radius 2 is 1.63 bits per heavy atom. The summed E-state index contributed by atoms with van der Waals surface area (Å²) in [6.07, 6.45) is 14.1. The third-order valence-corrected chi connectivity index (χ3v) is 9.25. The molecule has 2 fully saturated rings. The summed E-state index contributed by atoms with van der Waals surface area (Å²) < 4.78 is 8.20. The van der Waals surface area contributed by atoms with Crippen LogP contribution in [0.2, 0.25) is 5.02 Å². The van der Waals surface area contributed by atoms with Crippen LogP contribution in [0.4, 0.5) is 0 Å². The molecule has 1 aliphatic carbocycles. The van der Waals surface area contributed by atoms with Gasteiger partial charge in [0.1, 0.15) is 12.4 Å². The number of aryl methyl sites for hydroxylation is 1. The quantitative estimate of drug-likeness (QED) is 0.231. The number of carbonyl (C=O) groups is 1. The summed E-state index contributed by atoms with van der Waals surface area (Å²) in [5.41, 5.74) is 2.85. The van der Waals surface area contributed by atoms with Crippen molar-refractivity contribution in [2.75, 3.05) is 19.6 Å². The number of hydrogen-bond acceptors (Lipinski definition) is 3. The van der Waals surface area contributed by atoms with E-state index >= 15 is 0 Å². The zero-order valence-corrected chi connectivity index (χ0v) is 23.7. The van der Waals surface area contributed by atoms with Gasteiger partial charge in [-0.15, -0.1) is 0 Å². The van der Waals surface area contributed by atoms with Gasteiger partial charge in [0.25, 0.3) is 0 Å². The van der Waals surface area contributed by atoms with Gasteiger partial charge in [0.2, 0.25) is 0 Å². The lowest BCUT2D eigenvalue weighted by Gasteiger charge is -2.32. The Morgan fingerprint density at radius 3 is 2.39 bits per heavy atom. The second-order valence-corrected chi connectivity index (χ2v) is 12.0. The Bertz CT molecular complexity index is 1190. The summed E-state index contributed by atoms with van der Waals surface area (Å²) in [5.74, 6) is 2.63. The lowest BCUT2D eigenvalue weighted by molar-refractivity contribution is 0.0960. The molecule has 2 heterocycles. The summed E-state index contributed by atoms with van der Waals surface area (Å²) in [6.45, 7) is 4.00. The molecule has 38 heavy (non-hydrogen) atoms. The molecule has 0 N–H and O–H groups in total. The van der Waals surface area contributed by atoms with Gasteiger partial charge in [-0.3, -0.25) is 4.79 Å². The van der Waals surface area contributed by atoms with Gasteiger partial charge in [0.05, 0.1) is 5.69 Å². The van der Waals surface area contributed by atoms with E-state index in [0.717, 1.165) is 40.2 Å². The average Bonchev–Trinajstić information content (AvgIpc) is 3.24. The third-order valence-electron chi connectivity index (χ3n) is 8.99. The molecule has 0 amide bonds. The molecule has 0 radical (unpaired) electrons. The fourth-order valence-electron chi connectivity index (χ4n) is 6.65. The Hall–Kier alpha value is -2.30. The molecule has 1 saturated heterocycles. The van der Waals surface area contributed by atoms with Crippen molar-refractivity contribution in [2.45, 2.75) is 77.2 Å². The van der Waals surface area contributed by atoms with Crippen LogP contribution in [0.5, 0.6) is 5.75 Å². The second kappa shape index (κ2) is 13.2. The molecule has 2 aliphatic rings. The van der Waals surface area contributed by atoms with Gasteiger partial charge >= 0.3 is 0 Å². The number of carbonyl (C=O) groups excluding carboxylic acids is 1. The summed E-state index contributed by atoms with van der Waals surface area (Å²) in [6, 6.07) is 15.6. The van der Waals surface area contributed by atoms with Crippen molar-refractivity contribution in [2.24, 2.45) is 18.9 Å². The number of nitrogens with zero attached hydrogens (tertiary/aromatic N) is 2. The fraction of sp³-hybridized carbons (Fsp3) is 0.545. The van der Waals surface area contributed by atoms with Crippen LogP contribution in [-0.2, 0) is 13.7 Å². The van der Waals surface area contributed by atoms with E-state index in [2.05, 4.69) is 21.6 Å². The summed E-state index contributed by atoms with van der Waals surface area (Å²) in [5, 5.41) is 1.71. The molecule has 204 valence electrons. The molecule has 5 rings (SSSR count). The number of benzene rings is 2. The zero-order chi connectivity index (χ0) is 26.3.